The quantitative estimate of drug-likeness (QED) is 0.628. The topological polar surface area (TPSA) is 60.5 Å². The highest BCUT2D eigenvalue weighted by Crippen LogP contribution is 2.39. The van der Waals surface area contributed by atoms with Crippen LogP contribution in [-0.4, -0.2) is 25.0 Å². The third-order valence-corrected chi connectivity index (χ3v) is 4.90. The zero-order valence-electron chi connectivity index (χ0n) is 18.2. The molecule has 0 atom stereocenters. The third-order valence-electron chi connectivity index (χ3n) is 4.90. The number of hydrogen-bond donors (Lipinski definition) is 1. The molecule has 0 aliphatic carbocycles. The van der Waals surface area contributed by atoms with E-state index in [9.17, 15) is 4.79 Å². The van der Waals surface area contributed by atoms with Crippen LogP contribution in [0.2, 0.25) is 0 Å². The first-order valence-electron chi connectivity index (χ1n) is 9.92. The van der Waals surface area contributed by atoms with E-state index in [1.165, 1.54) is 0 Å². The Balaban J connectivity index is 2.13. The van der Waals surface area contributed by atoms with Gasteiger partial charge in [-0.25, -0.2) is 4.98 Å². The molecule has 1 N–H and O–H groups in total. The summed E-state index contributed by atoms with van der Waals surface area (Å²) in [5.74, 6) is 0.971. The molecular weight excluding hydrogens is 376 g/mol. The van der Waals surface area contributed by atoms with Crippen molar-refractivity contribution in [2.45, 2.75) is 32.8 Å². The molecule has 5 heteroatoms. The Kier molecular flexibility index (Phi) is 6.40. The highest BCUT2D eigenvalue weighted by atomic mass is 16.5. The minimum absolute atomic E-state index is 0.172. The predicted molar refractivity (Wildman–Crippen MR) is 119 cm³/mol. The first-order valence-corrected chi connectivity index (χ1v) is 9.92. The number of benzene rings is 2. The summed E-state index contributed by atoms with van der Waals surface area (Å²) in [4.78, 5) is 17.1. The number of hydrogen-bond acceptors (Lipinski definition) is 4. The number of aromatic nitrogens is 1. The van der Waals surface area contributed by atoms with Gasteiger partial charge in [0.25, 0.3) is 5.91 Å². The molecule has 0 unspecified atom stereocenters. The molecule has 156 valence electrons. The van der Waals surface area contributed by atoms with E-state index in [0.717, 1.165) is 22.3 Å². The summed E-state index contributed by atoms with van der Waals surface area (Å²) >= 11 is 0. The lowest BCUT2D eigenvalue weighted by Gasteiger charge is -2.25. The number of nitrogens with one attached hydrogen (secondary N) is 1. The molecule has 3 aromatic rings. The zero-order chi connectivity index (χ0) is 21.7. The smallest absolute Gasteiger partial charge is 0.251 e. The molecule has 0 saturated heterocycles. The highest BCUT2D eigenvalue weighted by molar-refractivity contribution is 6.02. The van der Waals surface area contributed by atoms with Gasteiger partial charge in [-0.05, 0) is 35.2 Å². The Labute approximate surface area is 178 Å². The fourth-order valence-corrected chi connectivity index (χ4v) is 3.32. The minimum Gasteiger partial charge on any atom is -0.496 e. The van der Waals surface area contributed by atoms with E-state index in [2.05, 4.69) is 31.1 Å². The highest BCUT2D eigenvalue weighted by Gasteiger charge is 2.25. The van der Waals surface area contributed by atoms with Crippen LogP contribution in [0.4, 0.5) is 0 Å². The maximum absolute atomic E-state index is 12.7. The van der Waals surface area contributed by atoms with Crippen molar-refractivity contribution in [3.8, 4) is 22.8 Å². The standard InChI is InChI=1S/C25H28N2O3/c1-25(2,3)21-14-19(20(23(28)26-4)15-22(21)29-5)18-12-9-13-27-24(18)30-16-17-10-7-6-8-11-17/h6-15H,16H2,1-5H3,(H,26,28). The Bertz CT molecular complexity index is 1020. The van der Waals surface area contributed by atoms with Gasteiger partial charge in [-0.1, -0.05) is 51.1 Å². The molecule has 1 aromatic heterocycles. The Morgan fingerprint density at radius 2 is 1.77 bits per heavy atom. The average Bonchev–Trinajstić information content (AvgIpc) is 2.76. The summed E-state index contributed by atoms with van der Waals surface area (Å²) in [5.41, 5.74) is 3.92. The maximum atomic E-state index is 12.7. The number of ether oxygens (including phenoxy) is 2. The molecule has 0 aliphatic heterocycles. The summed E-state index contributed by atoms with van der Waals surface area (Å²) in [6.07, 6.45) is 1.69. The molecule has 0 aliphatic rings. The lowest BCUT2D eigenvalue weighted by molar-refractivity contribution is 0.0963. The Morgan fingerprint density at radius 3 is 2.40 bits per heavy atom. The predicted octanol–water partition coefficient (Wildman–Crippen LogP) is 4.99. The monoisotopic (exact) mass is 404 g/mol. The summed E-state index contributed by atoms with van der Waals surface area (Å²) in [6, 6.07) is 17.5. The van der Waals surface area contributed by atoms with Crippen LogP contribution < -0.4 is 14.8 Å². The number of carbonyl (C=O) groups excluding carboxylic acids is 1. The number of pyridine rings is 1. The van der Waals surface area contributed by atoms with E-state index in [4.69, 9.17) is 9.47 Å². The molecule has 2 aromatic carbocycles. The minimum atomic E-state index is -0.193. The van der Waals surface area contributed by atoms with Crippen LogP contribution in [0.1, 0.15) is 42.3 Å². The van der Waals surface area contributed by atoms with Crippen molar-refractivity contribution in [2.75, 3.05) is 14.2 Å². The Morgan fingerprint density at radius 1 is 1.03 bits per heavy atom. The van der Waals surface area contributed by atoms with Gasteiger partial charge in [-0.15, -0.1) is 0 Å². The largest absolute Gasteiger partial charge is 0.496 e. The molecule has 5 nitrogen and oxygen atoms in total. The van der Waals surface area contributed by atoms with Gasteiger partial charge in [0.05, 0.1) is 12.7 Å². The van der Waals surface area contributed by atoms with Gasteiger partial charge in [-0.2, -0.15) is 0 Å². The van der Waals surface area contributed by atoms with Crippen LogP contribution >= 0.6 is 0 Å². The Hall–Kier alpha value is -3.34. The number of rotatable bonds is 6. The van der Waals surface area contributed by atoms with Gasteiger partial charge < -0.3 is 14.8 Å². The van der Waals surface area contributed by atoms with Crippen LogP contribution in [0.3, 0.4) is 0 Å². The van der Waals surface area contributed by atoms with E-state index in [0.29, 0.717) is 23.8 Å². The molecular formula is C25H28N2O3. The summed E-state index contributed by atoms with van der Waals surface area (Å²) in [7, 11) is 3.24. The molecule has 0 radical (unpaired) electrons. The van der Waals surface area contributed by atoms with Crippen molar-refractivity contribution >= 4 is 5.91 Å². The molecule has 1 amide bonds. The van der Waals surface area contributed by atoms with Crippen molar-refractivity contribution in [1.29, 1.82) is 0 Å². The van der Waals surface area contributed by atoms with E-state index in [1.807, 2.05) is 48.5 Å². The van der Waals surface area contributed by atoms with Gasteiger partial charge in [0.2, 0.25) is 5.88 Å². The van der Waals surface area contributed by atoms with Gasteiger partial charge >= 0.3 is 0 Å². The van der Waals surface area contributed by atoms with Crippen molar-refractivity contribution in [3.63, 3.8) is 0 Å². The molecule has 0 bridgehead atoms. The number of nitrogens with zero attached hydrogens (tertiary/aromatic N) is 1. The van der Waals surface area contributed by atoms with Crippen LogP contribution in [0.5, 0.6) is 11.6 Å². The molecule has 3 rings (SSSR count). The van der Waals surface area contributed by atoms with E-state index >= 15 is 0 Å². The third kappa shape index (κ3) is 4.62. The van der Waals surface area contributed by atoms with E-state index < -0.39 is 0 Å². The second-order valence-electron chi connectivity index (χ2n) is 8.06. The van der Waals surface area contributed by atoms with E-state index in [1.54, 1.807) is 26.4 Å². The first-order chi connectivity index (χ1) is 14.3. The van der Waals surface area contributed by atoms with Gasteiger partial charge in [-0.3, -0.25) is 4.79 Å². The van der Waals surface area contributed by atoms with Crippen molar-refractivity contribution in [1.82, 2.24) is 10.3 Å². The van der Waals surface area contributed by atoms with Gasteiger partial charge in [0.15, 0.2) is 0 Å². The fourth-order valence-electron chi connectivity index (χ4n) is 3.32. The summed E-state index contributed by atoms with van der Waals surface area (Å²) < 4.78 is 11.7. The normalized spacial score (nSPS) is 11.1. The van der Waals surface area contributed by atoms with E-state index in [-0.39, 0.29) is 11.3 Å². The maximum Gasteiger partial charge on any atom is 0.251 e. The lowest BCUT2D eigenvalue weighted by atomic mass is 9.83. The number of amides is 1. The number of methoxy groups -OCH3 is 1. The summed E-state index contributed by atoms with van der Waals surface area (Å²) in [6.45, 7) is 6.74. The van der Waals surface area contributed by atoms with Crippen molar-refractivity contribution in [3.05, 3.63) is 77.5 Å². The fraction of sp³-hybridized carbons (Fsp3) is 0.280. The first kappa shape index (κ1) is 21.4. The molecule has 0 fully saturated rings. The molecule has 1 heterocycles. The lowest BCUT2D eigenvalue weighted by Crippen LogP contribution is -2.21. The number of carbonyl (C=O) groups is 1. The van der Waals surface area contributed by atoms with Crippen LogP contribution in [0, 0.1) is 0 Å². The molecule has 0 saturated carbocycles. The van der Waals surface area contributed by atoms with Crippen LogP contribution in [0.25, 0.3) is 11.1 Å². The van der Waals surface area contributed by atoms with Crippen LogP contribution in [0.15, 0.2) is 60.8 Å². The van der Waals surface area contributed by atoms with Gasteiger partial charge in [0.1, 0.15) is 12.4 Å². The van der Waals surface area contributed by atoms with Crippen molar-refractivity contribution in [2.24, 2.45) is 0 Å². The van der Waals surface area contributed by atoms with Crippen LogP contribution in [-0.2, 0) is 12.0 Å². The average molecular weight is 405 g/mol. The van der Waals surface area contributed by atoms with Crippen molar-refractivity contribution < 1.29 is 14.3 Å². The van der Waals surface area contributed by atoms with Gasteiger partial charge in [0, 0.05) is 29.9 Å². The second kappa shape index (κ2) is 8.99. The SMILES string of the molecule is CNC(=O)c1cc(OC)c(C(C)(C)C)cc1-c1cccnc1OCc1ccccc1. The second-order valence-corrected chi connectivity index (χ2v) is 8.06. The summed E-state index contributed by atoms with van der Waals surface area (Å²) in [5, 5.41) is 2.72. The molecule has 0 spiro atoms. The molecule has 30 heavy (non-hydrogen) atoms. The zero-order valence-corrected chi connectivity index (χ0v) is 18.2.